The second kappa shape index (κ2) is 11.5. The minimum atomic E-state index is -3.57. The van der Waals surface area contributed by atoms with Crippen LogP contribution in [0.1, 0.15) is 24.0 Å². The van der Waals surface area contributed by atoms with Crippen molar-refractivity contribution in [2.24, 2.45) is 0 Å². The predicted octanol–water partition coefficient (Wildman–Crippen LogP) is 2.91. The van der Waals surface area contributed by atoms with Gasteiger partial charge in [-0.15, -0.1) is 11.8 Å². The Balaban J connectivity index is 1.21. The van der Waals surface area contributed by atoms with E-state index in [4.69, 9.17) is 4.74 Å². The van der Waals surface area contributed by atoms with E-state index in [1.807, 2.05) is 0 Å². The fourth-order valence-electron chi connectivity index (χ4n) is 4.12. The number of amides is 1. The van der Waals surface area contributed by atoms with Gasteiger partial charge in [-0.2, -0.15) is 0 Å². The maximum Gasteiger partial charge on any atom is 0.240 e. The third-order valence-corrected chi connectivity index (χ3v) is 8.41. The molecule has 0 bridgehead atoms. The Morgan fingerprint density at radius 3 is 2.58 bits per heavy atom. The highest BCUT2D eigenvalue weighted by Gasteiger charge is 2.15. The summed E-state index contributed by atoms with van der Waals surface area (Å²) in [5.74, 6) is 0.195. The Labute approximate surface area is 200 Å². The number of rotatable bonds is 10. The van der Waals surface area contributed by atoms with E-state index in [0.29, 0.717) is 18.0 Å². The van der Waals surface area contributed by atoms with E-state index < -0.39 is 10.0 Å². The summed E-state index contributed by atoms with van der Waals surface area (Å²) >= 11 is 1.51. The largest absolute Gasteiger partial charge is 0.379 e. The molecule has 0 atom stereocenters. The average Bonchev–Trinajstić information content (AvgIpc) is 3.30. The minimum absolute atomic E-state index is 0.114. The van der Waals surface area contributed by atoms with Crippen molar-refractivity contribution in [1.82, 2.24) is 9.62 Å². The van der Waals surface area contributed by atoms with Crippen molar-refractivity contribution in [3.05, 3.63) is 53.6 Å². The van der Waals surface area contributed by atoms with Crippen LogP contribution in [-0.4, -0.2) is 64.4 Å². The number of hydrogen-bond donors (Lipinski definition) is 2. The number of anilines is 1. The first-order valence-electron chi connectivity index (χ1n) is 11.4. The summed E-state index contributed by atoms with van der Waals surface area (Å²) in [4.78, 5) is 15.9. The predicted molar refractivity (Wildman–Crippen MR) is 131 cm³/mol. The lowest BCUT2D eigenvalue weighted by molar-refractivity contribution is -0.113. The van der Waals surface area contributed by atoms with Crippen molar-refractivity contribution in [3.63, 3.8) is 0 Å². The smallest absolute Gasteiger partial charge is 0.240 e. The van der Waals surface area contributed by atoms with E-state index in [-0.39, 0.29) is 10.8 Å². The standard InChI is InChI=1S/C24H31N3O4S2/c28-24(18-32-22-8-5-19-3-1-4-20(19)17-22)26-21-6-9-23(10-7-21)33(29,30)25-11-2-12-27-13-15-31-16-14-27/h5-10,17,25H,1-4,11-16,18H2,(H,26,28). The summed E-state index contributed by atoms with van der Waals surface area (Å²) < 4.78 is 33.0. The topological polar surface area (TPSA) is 87.7 Å². The molecule has 1 fully saturated rings. The van der Waals surface area contributed by atoms with Gasteiger partial charge in [-0.05, 0) is 79.8 Å². The third kappa shape index (κ3) is 7.04. The zero-order chi connectivity index (χ0) is 23.1. The molecule has 9 heteroatoms. The van der Waals surface area contributed by atoms with E-state index in [2.05, 4.69) is 33.1 Å². The summed E-state index contributed by atoms with van der Waals surface area (Å²) in [6, 6.07) is 12.7. The second-order valence-electron chi connectivity index (χ2n) is 8.35. The van der Waals surface area contributed by atoms with Crippen LogP contribution < -0.4 is 10.0 Å². The van der Waals surface area contributed by atoms with Crippen molar-refractivity contribution in [1.29, 1.82) is 0 Å². The average molecular weight is 490 g/mol. The highest BCUT2D eigenvalue weighted by atomic mass is 32.2. The van der Waals surface area contributed by atoms with Crippen LogP contribution in [0, 0.1) is 0 Å². The Morgan fingerprint density at radius 1 is 1.03 bits per heavy atom. The third-order valence-electron chi connectivity index (χ3n) is 5.94. The first-order chi connectivity index (χ1) is 16.0. The number of carbonyl (C=O) groups is 1. The lowest BCUT2D eigenvalue weighted by atomic mass is 10.1. The first-order valence-corrected chi connectivity index (χ1v) is 13.9. The fraction of sp³-hybridized carbons (Fsp3) is 0.458. The van der Waals surface area contributed by atoms with Gasteiger partial charge in [-0.1, -0.05) is 6.07 Å². The van der Waals surface area contributed by atoms with E-state index in [0.717, 1.165) is 57.0 Å². The monoisotopic (exact) mass is 489 g/mol. The molecule has 0 radical (unpaired) electrons. The number of thioether (sulfide) groups is 1. The van der Waals surface area contributed by atoms with E-state index in [1.54, 1.807) is 12.1 Å². The van der Waals surface area contributed by atoms with E-state index in [1.165, 1.54) is 41.4 Å². The van der Waals surface area contributed by atoms with Crippen molar-refractivity contribution >= 4 is 33.4 Å². The van der Waals surface area contributed by atoms with Crippen LogP contribution in [0.25, 0.3) is 0 Å². The summed E-state index contributed by atoms with van der Waals surface area (Å²) in [5.41, 5.74) is 3.40. The number of carbonyl (C=O) groups excluding carboxylic acids is 1. The maximum atomic E-state index is 12.5. The van der Waals surface area contributed by atoms with Crippen molar-refractivity contribution in [2.75, 3.05) is 50.5 Å². The van der Waals surface area contributed by atoms with Crippen LogP contribution in [0.3, 0.4) is 0 Å². The number of aryl methyl sites for hydroxylation is 2. The second-order valence-corrected chi connectivity index (χ2v) is 11.2. The van der Waals surface area contributed by atoms with E-state index in [9.17, 15) is 13.2 Å². The SMILES string of the molecule is O=C(CSc1ccc2c(c1)CCC2)Nc1ccc(S(=O)(=O)NCCCN2CCOCC2)cc1. The zero-order valence-corrected chi connectivity index (χ0v) is 20.3. The Morgan fingerprint density at radius 2 is 1.79 bits per heavy atom. The number of hydrogen-bond acceptors (Lipinski definition) is 6. The first kappa shape index (κ1) is 24.2. The maximum absolute atomic E-state index is 12.5. The molecule has 2 aromatic carbocycles. The van der Waals surface area contributed by atoms with Crippen LogP contribution in [0.4, 0.5) is 5.69 Å². The molecule has 1 aliphatic heterocycles. The van der Waals surface area contributed by atoms with Gasteiger partial charge >= 0.3 is 0 Å². The van der Waals surface area contributed by atoms with Gasteiger partial charge in [0.15, 0.2) is 0 Å². The number of nitrogens with zero attached hydrogens (tertiary/aromatic N) is 1. The van der Waals surface area contributed by atoms with Gasteiger partial charge < -0.3 is 10.1 Å². The number of sulfonamides is 1. The van der Waals surface area contributed by atoms with E-state index >= 15 is 0 Å². The van der Waals surface area contributed by atoms with Crippen LogP contribution in [0.2, 0.25) is 0 Å². The molecule has 0 aromatic heterocycles. The number of nitrogens with one attached hydrogen (secondary N) is 2. The number of ether oxygens (including phenoxy) is 1. The van der Waals surface area contributed by atoms with Crippen molar-refractivity contribution in [3.8, 4) is 0 Å². The molecule has 178 valence electrons. The highest BCUT2D eigenvalue weighted by Crippen LogP contribution is 2.27. The number of morpholine rings is 1. The molecule has 7 nitrogen and oxygen atoms in total. The van der Waals surface area contributed by atoms with Crippen molar-refractivity contribution in [2.45, 2.75) is 35.5 Å². The van der Waals surface area contributed by atoms with Gasteiger partial charge in [0.25, 0.3) is 0 Å². The molecule has 0 saturated carbocycles. The number of benzene rings is 2. The Hall–Kier alpha value is -1.91. The molecule has 1 heterocycles. The molecule has 0 spiro atoms. The van der Waals surface area contributed by atoms with Crippen LogP contribution in [-0.2, 0) is 32.4 Å². The van der Waals surface area contributed by atoms with Crippen LogP contribution >= 0.6 is 11.8 Å². The molecule has 1 aliphatic carbocycles. The van der Waals surface area contributed by atoms with Gasteiger partial charge in [-0.25, -0.2) is 13.1 Å². The molecule has 0 unspecified atom stereocenters. The summed E-state index contributed by atoms with van der Waals surface area (Å²) in [7, 11) is -3.57. The molecular weight excluding hydrogens is 458 g/mol. The Bertz CT molecular complexity index is 1050. The zero-order valence-electron chi connectivity index (χ0n) is 18.7. The molecule has 1 saturated heterocycles. The van der Waals surface area contributed by atoms with Gasteiger partial charge in [0.1, 0.15) is 0 Å². The van der Waals surface area contributed by atoms with Crippen molar-refractivity contribution < 1.29 is 17.9 Å². The van der Waals surface area contributed by atoms with Crippen LogP contribution in [0.15, 0.2) is 52.3 Å². The molecule has 1 amide bonds. The van der Waals surface area contributed by atoms with Gasteiger partial charge in [0, 0.05) is 30.2 Å². The number of fused-ring (bicyclic) bond motifs is 1. The molecule has 4 rings (SSSR count). The molecule has 2 aliphatic rings. The summed E-state index contributed by atoms with van der Waals surface area (Å²) in [6.45, 7) is 4.50. The summed E-state index contributed by atoms with van der Waals surface area (Å²) in [6.07, 6.45) is 4.22. The molecular formula is C24H31N3O4S2. The minimum Gasteiger partial charge on any atom is -0.379 e. The fourth-order valence-corrected chi connectivity index (χ4v) is 5.95. The van der Waals surface area contributed by atoms with Gasteiger partial charge in [0.05, 0.1) is 23.9 Å². The van der Waals surface area contributed by atoms with Gasteiger partial charge in [-0.3, -0.25) is 9.69 Å². The van der Waals surface area contributed by atoms with Crippen LogP contribution in [0.5, 0.6) is 0 Å². The molecule has 2 N–H and O–H groups in total. The van der Waals surface area contributed by atoms with Gasteiger partial charge in [0.2, 0.25) is 15.9 Å². The normalized spacial score (nSPS) is 16.5. The quantitative estimate of drug-likeness (QED) is 0.394. The lowest BCUT2D eigenvalue weighted by Gasteiger charge is -2.26. The Kier molecular flexibility index (Phi) is 8.43. The summed E-state index contributed by atoms with van der Waals surface area (Å²) in [5, 5.41) is 2.84. The molecule has 33 heavy (non-hydrogen) atoms. The molecule has 2 aromatic rings. The lowest BCUT2D eigenvalue weighted by Crippen LogP contribution is -2.38. The highest BCUT2D eigenvalue weighted by molar-refractivity contribution is 8.00.